The monoisotopic (exact) mass is 482 g/mol. The zero-order chi connectivity index (χ0) is 27.6. The van der Waals surface area contributed by atoms with Gasteiger partial charge in [0.2, 0.25) is 0 Å². The molecule has 0 bridgehead atoms. The van der Waals surface area contributed by atoms with E-state index in [2.05, 4.69) is 101 Å². The van der Waals surface area contributed by atoms with E-state index in [-0.39, 0.29) is 0 Å². The van der Waals surface area contributed by atoms with Crippen molar-refractivity contribution in [1.82, 2.24) is 0 Å². The lowest BCUT2D eigenvalue weighted by Crippen LogP contribution is -2.55. The molecule has 0 heterocycles. The summed E-state index contributed by atoms with van der Waals surface area (Å²) in [4.78, 5) is 0. The van der Waals surface area contributed by atoms with Gasteiger partial charge in [0.15, 0.2) is 0 Å². The highest BCUT2D eigenvalue weighted by Crippen LogP contribution is 2.38. The van der Waals surface area contributed by atoms with E-state index in [0.29, 0.717) is 5.46 Å². The molecule has 174 valence electrons. The van der Waals surface area contributed by atoms with Crippen LogP contribution in [0, 0.1) is 0 Å². The van der Waals surface area contributed by atoms with E-state index in [1.54, 1.807) is 0 Å². The highest BCUT2D eigenvalue weighted by atomic mass is 16.4. The summed E-state index contributed by atoms with van der Waals surface area (Å²) in [5, 5.41) is 25.4. The van der Waals surface area contributed by atoms with Crippen molar-refractivity contribution in [2.24, 2.45) is 0 Å². The van der Waals surface area contributed by atoms with Crippen molar-refractivity contribution in [3.8, 4) is 22.3 Å². The Morgan fingerprint density at radius 2 is 0.816 bits per heavy atom. The van der Waals surface area contributed by atoms with Gasteiger partial charge in [-0.3, -0.25) is 0 Å². The Bertz CT molecular complexity index is 1770. The van der Waals surface area contributed by atoms with E-state index in [1.807, 2.05) is 18.2 Å². The second-order valence-corrected chi connectivity index (χ2v) is 11.0. The molecular weight excluding hydrogens is 452 g/mol. The van der Waals surface area contributed by atoms with Crippen LogP contribution in [0.4, 0.5) is 0 Å². The van der Waals surface area contributed by atoms with Gasteiger partial charge in [-0.1, -0.05) is 70.4 Å². The topological polar surface area (TPSA) is 40.5 Å². The lowest BCUT2D eigenvalue weighted by atomic mass is 9.58. The molecule has 0 saturated heterocycles. The first-order chi connectivity index (χ1) is 18.0. The summed E-state index contributed by atoms with van der Waals surface area (Å²) in [6.45, 7) is 0. The SMILES string of the molecule is Bc1c(B)c(B)c(-c2ccccc2-c2c3ccccc3c(B(O)O)c3c(B)c(B)c(B)c(B)c23)c(B)c1B. The summed E-state index contributed by atoms with van der Waals surface area (Å²) < 4.78 is 0. The smallest absolute Gasteiger partial charge is 0.423 e. The minimum Gasteiger partial charge on any atom is -0.423 e. The Labute approximate surface area is 234 Å². The van der Waals surface area contributed by atoms with Gasteiger partial charge in [-0.25, -0.2) is 0 Å². The van der Waals surface area contributed by atoms with Crippen LogP contribution in [0.2, 0.25) is 0 Å². The fourth-order valence-corrected chi connectivity index (χ4v) is 6.54. The molecule has 0 aliphatic heterocycles. The Balaban J connectivity index is 2.08. The van der Waals surface area contributed by atoms with Crippen LogP contribution < -0.4 is 54.6 Å². The lowest BCUT2D eigenvalue weighted by Gasteiger charge is -2.26. The third-order valence-corrected chi connectivity index (χ3v) is 9.42. The largest absolute Gasteiger partial charge is 0.489 e. The quantitative estimate of drug-likeness (QED) is 0.199. The van der Waals surface area contributed by atoms with E-state index in [4.69, 9.17) is 0 Å². The average molecular weight is 481 g/mol. The minimum absolute atomic E-state index is 0.593. The van der Waals surface area contributed by atoms with Gasteiger partial charge in [-0.05, 0) is 49.3 Å². The molecule has 0 aromatic heterocycles. The average Bonchev–Trinajstić information content (AvgIpc) is 2.91. The fourth-order valence-electron chi connectivity index (χ4n) is 6.54. The molecule has 2 N–H and O–H groups in total. The first kappa shape index (κ1) is 26.8. The van der Waals surface area contributed by atoms with Crippen LogP contribution in [0.25, 0.3) is 43.8 Å². The number of hydrogen-bond acceptors (Lipinski definition) is 2. The maximum Gasteiger partial charge on any atom is 0.489 e. The maximum atomic E-state index is 10.7. The second-order valence-electron chi connectivity index (χ2n) is 11.0. The van der Waals surface area contributed by atoms with Crippen molar-refractivity contribution in [2.75, 3.05) is 0 Å². The van der Waals surface area contributed by atoms with Crippen LogP contribution in [0.15, 0.2) is 48.5 Å². The van der Waals surface area contributed by atoms with Crippen molar-refractivity contribution in [3.05, 3.63) is 48.5 Å². The normalized spacial score (nSPS) is 11.3. The summed E-state index contributed by atoms with van der Waals surface area (Å²) in [5.74, 6) is 0. The van der Waals surface area contributed by atoms with Gasteiger partial charge < -0.3 is 10.0 Å². The first-order valence-corrected chi connectivity index (χ1v) is 13.5. The van der Waals surface area contributed by atoms with Crippen LogP contribution >= 0.6 is 0 Å². The number of rotatable bonds is 3. The van der Waals surface area contributed by atoms with Crippen molar-refractivity contribution >= 4 is 154 Å². The summed E-state index contributed by atoms with van der Waals surface area (Å²) in [6.07, 6.45) is 0. The van der Waals surface area contributed by atoms with Crippen molar-refractivity contribution in [3.63, 3.8) is 0 Å². The molecule has 0 aliphatic rings. The molecular formula is C26H28B10O2. The third kappa shape index (κ3) is 3.80. The molecule has 38 heavy (non-hydrogen) atoms. The fraction of sp³-hybridized carbons (Fsp3) is 0. The molecule has 0 saturated carbocycles. The van der Waals surface area contributed by atoms with Crippen LogP contribution in [0.5, 0.6) is 0 Å². The predicted octanol–water partition coefficient (Wildman–Crippen LogP) is -10.7. The van der Waals surface area contributed by atoms with Gasteiger partial charge in [0.25, 0.3) is 0 Å². The molecule has 0 aliphatic carbocycles. The zero-order valence-electron chi connectivity index (χ0n) is 24.1. The third-order valence-electron chi connectivity index (χ3n) is 9.42. The maximum absolute atomic E-state index is 10.7. The van der Waals surface area contributed by atoms with E-state index < -0.39 is 7.12 Å². The Kier molecular flexibility index (Phi) is 6.86. The molecule has 5 aromatic carbocycles. The highest BCUT2D eigenvalue weighted by molar-refractivity contribution is 6.73. The van der Waals surface area contributed by atoms with E-state index in [0.717, 1.165) is 32.6 Å². The molecule has 0 atom stereocenters. The molecule has 0 unspecified atom stereocenters. The standard InChI is InChI=1S/C26H28B10O2/c27-17-14(18(28)22(32)25(35)21(17)31)10-6-2-1-5-9(10)13-11-7-3-4-8-12(11)26(36(37)38)16-15(13)19(29)23(33)24(34)20(16)30/h1-8,37-38H,27-35H2. The number of fused-ring (bicyclic) bond motifs is 2. The molecule has 0 radical (unpaired) electrons. The van der Waals surface area contributed by atoms with E-state index >= 15 is 0 Å². The van der Waals surface area contributed by atoms with Gasteiger partial charge in [0.05, 0.1) is 0 Å². The molecule has 5 rings (SSSR count). The zero-order valence-corrected chi connectivity index (χ0v) is 24.1. The summed E-state index contributed by atoms with van der Waals surface area (Å²) >= 11 is 0. The Hall–Kier alpha value is -2.81. The van der Waals surface area contributed by atoms with E-state index in [9.17, 15) is 10.0 Å². The summed E-state index contributed by atoms with van der Waals surface area (Å²) in [6, 6.07) is 16.9. The minimum atomic E-state index is -1.57. The molecule has 0 amide bonds. The number of hydrogen-bond donors (Lipinski definition) is 2. The lowest BCUT2D eigenvalue weighted by molar-refractivity contribution is 0.426. The van der Waals surface area contributed by atoms with Crippen LogP contribution in [-0.4, -0.2) is 87.8 Å². The second kappa shape index (κ2) is 9.74. The van der Waals surface area contributed by atoms with Crippen molar-refractivity contribution in [2.45, 2.75) is 0 Å². The summed E-state index contributed by atoms with van der Waals surface area (Å²) in [7, 11) is 18.2. The van der Waals surface area contributed by atoms with Gasteiger partial charge in [-0.2, -0.15) is 0 Å². The summed E-state index contributed by atoms with van der Waals surface area (Å²) in [5.41, 5.74) is 16.8. The highest BCUT2D eigenvalue weighted by Gasteiger charge is 2.27. The van der Waals surface area contributed by atoms with Crippen LogP contribution in [0.3, 0.4) is 0 Å². The van der Waals surface area contributed by atoms with Gasteiger partial charge in [-0.15, -0.1) is 27.3 Å². The van der Waals surface area contributed by atoms with Gasteiger partial charge in [0, 0.05) is 0 Å². The number of benzene rings is 5. The Morgan fingerprint density at radius 1 is 0.421 bits per heavy atom. The van der Waals surface area contributed by atoms with Crippen LogP contribution in [0.1, 0.15) is 0 Å². The van der Waals surface area contributed by atoms with Crippen molar-refractivity contribution in [1.29, 1.82) is 0 Å². The van der Waals surface area contributed by atoms with Gasteiger partial charge in [0.1, 0.15) is 70.6 Å². The molecule has 0 spiro atoms. The molecule has 0 fully saturated rings. The van der Waals surface area contributed by atoms with Crippen molar-refractivity contribution < 1.29 is 10.0 Å². The van der Waals surface area contributed by atoms with E-state index in [1.165, 1.54) is 60.4 Å². The Morgan fingerprint density at radius 3 is 1.34 bits per heavy atom. The molecule has 5 aromatic rings. The van der Waals surface area contributed by atoms with Crippen LogP contribution in [-0.2, 0) is 0 Å². The molecule has 12 heteroatoms. The molecule has 2 nitrogen and oxygen atoms in total. The van der Waals surface area contributed by atoms with Gasteiger partial charge >= 0.3 is 7.12 Å². The predicted molar refractivity (Wildman–Crippen MR) is 196 cm³/mol. The first-order valence-electron chi connectivity index (χ1n) is 13.5.